The summed E-state index contributed by atoms with van der Waals surface area (Å²) in [6.45, 7) is 8.59. The Morgan fingerprint density at radius 2 is 2.12 bits per heavy atom. The van der Waals surface area contributed by atoms with Gasteiger partial charge >= 0.3 is 0 Å². The number of piperidine rings is 1. The first-order chi connectivity index (χ1) is 11.5. The maximum absolute atomic E-state index is 10.8. The molecule has 1 aliphatic rings. The zero-order chi connectivity index (χ0) is 16.8. The van der Waals surface area contributed by atoms with Gasteiger partial charge in [0.1, 0.15) is 10.7 Å². The van der Waals surface area contributed by atoms with Gasteiger partial charge in [-0.3, -0.25) is 0 Å². The van der Waals surface area contributed by atoms with Gasteiger partial charge in [-0.1, -0.05) is 25.2 Å². The van der Waals surface area contributed by atoms with Gasteiger partial charge in [-0.05, 0) is 25.5 Å². The molecule has 0 aromatic carbocycles. The summed E-state index contributed by atoms with van der Waals surface area (Å²) in [5.41, 5.74) is 0. The number of fused-ring (bicyclic) bond motifs is 1. The lowest BCUT2D eigenvalue weighted by molar-refractivity contribution is -0.937. The minimum atomic E-state index is -0.0148. The minimum Gasteiger partial charge on any atom is -0.492 e. The Morgan fingerprint density at radius 3 is 2.75 bits per heavy atom. The van der Waals surface area contributed by atoms with E-state index >= 15 is 0 Å². The minimum absolute atomic E-state index is 0.0148. The first kappa shape index (κ1) is 15.7. The number of aromatic hydroxyl groups is 1. The Hall–Kier alpha value is -1.86. The fourth-order valence-electron chi connectivity index (χ4n) is 4.08. The van der Waals surface area contributed by atoms with Crippen LogP contribution in [0, 0.1) is 18.8 Å². The molecule has 4 rings (SSSR count). The number of quaternary nitrogens is 1. The number of nitrogens with zero attached hydrogens (tertiary/aromatic N) is 3. The Morgan fingerprint density at radius 1 is 1.38 bits per heavy atom. The summed E-state index contributed by atoms with van der Waals surface area (Å²) in [7, 11) is 0. The SMILES string of the molecule is Cc1nc2sc([C@@H](c3ccco3)[NH+]3C[C@@H](C)C[C@H](C)C3)c(O)n2n1. The summed E-state index contributed by atoms with van der Waals surface area (Å²) in [5, 5.41) is 15.0. The average molecular weight is 347 g/mol. The number of hydrogen-bond acceptors (Lipinski definition) is 5. The van der Waals surface area contributed by atoms with Gasteiger partial charge in [-0.2, -0.15) is 4.52 Å². The highest BCUT2D eigenvalue weighted by Gasteiger charge is 2.38. The summed E-state index contributed by atoms with van der Waals surface area (Å²) in [6, 6.07) is 3.90. The molecule has 128 valence electrons. The number of nitrogens with one attached hydrogen (secondary N) is 1. The lowest BCUT2D eigenvalue weighted by atomic mass is 9.90. The van der Waals surface area contributed by atoms with Crippen LogP contribution in [0.2, 0.25) is 0 Å². The first-order valence-corrected chi connectivity index (χ1v) is 9.27. The molecule has 1 saturated heterocycles. The number of aromatic nitrogens is 3. The van der Waals surface area contributed by atoms with E-state index in [1.165, 1.54) is 22.7 Å². The van der Waals surface area contributed by atoms with Gasteiger partial charge in [0.25, 0.3) is 0 Å². The van der Waals surface area contributed by atoms with Gasteiger partial charge in [0.15, 0.2) is 11.8 Å². The standard InChI is InChI=1S/C17H22N4O2S/c1-10-7-11(2)9-20(8-10)14(13-5-4-6-23-13)15-16(22)21-17(24-15)18-12(3)19-21/h4-6,10-11,14,22H,7-9H2,1-3H3/p+1/t10-,11-,14+/m0/s1. The molecule has 3 atom stereocenters. The van der Waals surface area contributed by atoms with Crippen molar-refractivity contribution in [2.24, 2.45) is 11.8 Å². The molecule has 0 radical (unpaired) electrons. The summed E-state index contributed by atoms with van der Waals surface area (Å²) < 4.78 is 7.29. The van der Waals surface area contributed by atoms with E-state index in [4.69, 9.17) is 4.42 Å². The summed E-state index contributed by atoms with van der Waals surface area (Å²) in [4.78, 5) is 7.46. The molecular formula is C17H23N4O2S+. The number of aryl methyl sites for hydroxylation is 1. The van der Waals surface area contributed by atoms with Crippen molar-refractivity contribution in [1.29, 1.82) is 0 Å². The lowest BCUT2D eigenvalue weighted by Gasteiger charge is -2.35. The third kappa shape index (κ3) is 2.61. The molecule has 0 aliphatic carbocycles. The van der Waals surface area contributed by atoms with Crippen LogP contribution in [-0.4, -0.2) is 32.8 Å². The van der Waals surface area contributed by atoms with Gasteiger partial charge in [-0.15, -0.1) is 5.10 Å². The van der Waals surface area contributed by atoms with Gasteiger partial charge in [-0.25, -0.2) is 4.98 Å². The predicted octanol–water partition coefficient (Wildman–Crippen LogP) is 2.05. The van der Waals surface area contributed by atoms with E-state index < -0.39 is 0 Å². The lowest BCUT2D eigenvalue weighted by Crippen LogP contribution is -3.14. The Kier molecular flexibility index (Phi) is 3.85. The van der Waals surface area contributed by atoms with E-state index in [2.05, 4.69) is 23.9 Å². The van der Waals surface area contributed by atoms with Crippen molar-refractivity contribution >= 4 is 16.3 Å². The van der Waals surface area contributed by atoms with Gasteiger partial charge in [0, 0.05) is 11.8 Å². The highest BCUT2D eigenvalue weighted by molar-refractivity contribution is 7.17. The van der Waals surface area contributed by atoms with Crippen LogP contribution in [0.4, 0.5) is 0 Å². The Balaban J connectivity index is 1.80. The highest BCUT2D eigenvalue weighted by Crippen LogP contribution is 2.35. The van der Waals surface area contributed by atoms with Crippen molar-refractivity contribution in [3.05, 3.63) is 34.9 Å². The number of likely N-dealkylation sites (tertiary alicyclic amines) is 1. The summed E-state index contributed by atoms with van der Waals surface area (Å²) in [5.74, 6) is 3.07. The fourth-order valence-corrected chi connectivity index (χ4v) is 5.24. The number of hydrogen-bond donors (Lipinski definition) is 2. The molecule has 3 aromatic heterocycles. The third-order valence-corrected chi connectivity index (χ3v) is 5.91. The molecule has 6 nitrogen and oxygen atoms in total. The second-order valence-corrected chi connectivity index (χ2v) is 8.11. The molecule has 1 aliphatic heterocycles. The van der Waals surface area contributed by atoms with Crippen LogP contribution in [0.1, 0.15) is 42.8 Å². The Labute approximate surface area is 144 Å². The maximum atomic E-state index is 10.8. The molecular weight excluding hydrogens is 324 g/mol. The van der Waals surface area contributed by atoms with Crippen molar-refractivity contribution in [2.45, 2.75) is 33.2 Å². The maximum Gasteiger partial charge on any atom is 0.235 e. The number of thiazole rings is 1. The van der Waals surface area contributed by atoms with Gasteiger partial charge < -0.3 is 14.4 Å². The quantitative estimate of drug-likeness (QED) is 0.761. The first-order valence-electron chi connectivity index (χ1n) is 8.46. The number of furan rings is 1. The van der Waals surface area contributed by atoms with Crippen LogP contribution < -0.4 is 4.90 Å². The second-order valence-electron chi connectivity index (χ2n) is 7.10. The van der Waals surface area contributed by atoms with E-state index in [1.54, 1.807) is 10.8 Å². The predicted molar refractivity (Wildman–Crippen MR) is 91.5 cm³/mol. The number of rotatable bonds is 3. The molecule has 3 aromatic rings. The normalized spacial score (nSPS) is 26.0. The van der Waals surface area contributed by atoms with Crippen LogP contribution >= 0.6 is 11.3 Å². The highest BCUT2D eigenvalue weighted by atomic mass is 32.1. The van der Waals surface area contributed by atoms with Crippen LogP contribution in [0.15, 0.2) is 22.8 Å². The Bertz CT molecular complexity index is 828. The summed E-state index contributed by atoms with van der Waals surface area (Å²) >= 11 is 1.51. The molecule has 1 fully saturated rings. The van der Waals surface area contributed by atoms with E-state index in [-0.39, 0.29) is 11.9 Å². The van der Waals surface area contributed by atoms with E-state index in [1.807, 2.05) is 19.1 Å². The van der Waals surface area contributed by atoms with Crippen LogP contribution in [0.25, 0.3) is 4.96 Å². The van der Waals surface area contributed by atoms with E-state index in [9.17, 15) is 5.11 Å². The molecule has 2 N–H and O–H groups in total. The third-order valence-electron chi connectivity index (χ3n) is 4.83. The molecule has 7 heteroatoms. The smallest absolute Gasteiger partial charge is 0.235 e. The van der Waals surface area contributed by atoms with Crippen LogP contribution in [0.3, 0.4) is 0 Å². The van der Waals surface area contributed by atoms with E-state index in [0.717, 1.165) is 28.7 Å². The molecule has 0 amide bonds. The van der Waals surface area contributed by atoms with Gasteiger partial charge in [0.2, 0.25) is 10.8 Å². The molecule has 0 saturated carbocycles. The van der Waals surface area contributed by atoms with Crippen molar-refractivity contribution in [3.8, 4) is 5.88 Å². The van der Waals surface area contributed by atoms with Crippen LogP contribution in [0.5, 0.6) is 5.88 Å². The summed E-state index contributed by atoms with van der Waals surface area (Å²) in [6.07, 6.45) is 2.96. The van der Waals surface area contributed by atoms with Crippen LogP contribution in [-0.2, 0) is 0 Å². The molecule has 4 heterocycles. The molecule has 0 unspecified atom stereocenters. The van der Waals surface area contributed by atoms with Crippen molar-refractivity contribution in [3.63, 3.8) is 0 Å². The second kappa shape index (κ2) is 5.89. The zero-order valence-corrected chi connectivity index (χ0v) is 15.0. The van der Waals surface area contributed by atoms with E-state index in [0.29, 0.717) is 17.7 Å². The van der Waals surface area contributed by atoms with Crippen molar-refractivity contribution in [2.75, 3.05) is 13.1 Å². The monoisotopic (exact) mass is 347 g/mol. The van der Waals surface area contributed by atoms with Crippen molar-refractivity contribution < 1.29 is 14.4 Å². The van der Waals surface area contributed by atoms with Gasteiger partial charge in [0.05, 0.1) is 19.4 Å². The average Bonchev–Trinajstić information content (AvgIpc) is 3.20. The largest absolute Gasteiger partial charge is 0.492 e. The molecule has 0 bridgehead atoms. The fraction of sp³-hybridized carbons (Fsp3) is 0.529. The van der Waals surface area contributed by atoms with Crippen molar-refractivity contribution in [1.82, 2.24) is 14.6 Å². The molecule has 24 heavy (non-hydrogen) atoms. The topological polar surface area (TPSA) is 68.0 Å². The molecule has 0 spiro atoms. The zero-order valence-electron chi connectivity index (χ0n) is 14.2.